The minimum Gasteiger partial charge on any atom is -0.478 e. The Morgan fingerprint density at radius 1 is 1.29 bits per heavy atom. The molecule has 0 spiro atoms. The molecule has 21 heavy (non-hydrogen) atoms. The van der Waals surface area contributed by atoms with Crippen LogP contribution in [0, 0.1) is 0 Å². The molecule has 1 aliphatic rings. The number of rotatable bonds is 4. The number of aliphatic carboxylic acids is 1. The van der Waals surface area contributed by atoms with Gasteiger partial charge in [0.05, 0.1) is 0 Å². The molecule has 6 nitrogen and oxygen atoms in total. The van der Waals surface area contributed by atoms with Gasteiger partial charge < -0.3 is 14.9 Å². The SMILES string of the molecule is CCN1CCN(C(=O)c2ccc(C=CC(=O)O)cn2)CC1. The summed E-state index contributed by atoms with van der Waals surface area (Å²) < 4.78 is 0. The molecule has 1 aliphatic heterocycles. The zero-order valence-electron chi connectivity index (χ0n) is 12.0. The predicted octanol–water partition coefficient (Wildman–Crippen LogP) is 0.957. The maximum atomic E-state index is 12.3. The van der Waals surface area contributed by atoms with E-state index < -0.39 is 5.97 Å². The van der Waals surface area contributed by atoms with Crippen molar-refractivity contribution >= 4 is 18.0 Å². The minimum atomic E-state index is -1.01. The molecule has 112 valence electrons. The molecule has 1 aromatic heterocycles. The summed E-state index contributed by atoms with van der Waals surface area (Å²) in [7, 11) is 0. The number of aromatic nitrogens is 1. The molecule has 0 aromatic carbocycles. The number of carboxylic acids is 1. The molecule has 1 amide bonds. The van der Waals surface area contributed by atoms with Gasteiger partial charge in [0, 0.05) is 38.5 Å². The number of hydrogen-bond acceptors (Lipinski definition) is 4. The monoisotopic (exact) mass is 289 g/mol. The maximum Gasteiger partial charge on any atom is 0.328 e. The molecule has 1 N–H and O–H groups in total. The number of nitrogens with zero attached hydrogens (tertiary/aromatic N) is 3. The fourth-order valence-corrected chi connectivity index (χ4v) is 2.23. The normalized spacial score (nSPS) is 16.3. The first kappa shape index (κ1) is 15.2. The van der Waals surface area contributed by atoms with Crippen LogP contribution < -0.4 is 0 Å². The Bertz CT molecular complexity index is 532. The molecule has 0 aliphatic carbocycles. The lowest BCUT2D eigenvalue weighted by Gasteiger charge is -2.33. The van der Waals surface area contributed by atoms with E-state index in [0.29, 0.717) is 11.3 Å². The number of likely N-dealkylation sites (N-methyl/N-ethyl adjacent to an activating group) is 1. The summed E-state index contributed by atoms with van der Waals surface area (Å²) in [6, 6.07) is 3.33. The maximum absolute atomic E-state index is 12.3. The van der Waals surface area contributed by atoms with E-state index in [1.807, 2.05) is 0 Å². The zero-order valence-corrected chi connectivity index (χ0v) is 12.0. The second kappa shape index (κ2) is 6.99. The Kier molecular flexibility index (Phi) is 5.05. The third-order valence-electron chi connectivity index (χ3n) is 3.53. The summed E-state index contributed by atoms with van der Waals surface area (Å²) >= 11 is 0. The second-order valence-electron chi connectivity index (χ2n) is 4.87. The molecule has 0 unspecified atom stereocenters. The van der Waals surface area contributed by atoms with Crippen LogP contribution in [0.1, 0.15) is 23.0 Å². The smallest absolute Gasteiger partial charge is 0.328 e. The van der Waals surface area contributed by atoms with E-state index in [0.717, 1.165) is 38.8 Å². The Hall–Kier alpha value is -2.21. The van der Waals surface area contributed by atoms with Crippen molar-refractivity contribution in [2.75, 3.05) is 32.7 Å². The fourth-order valence-electron chi connectivity index (χ4n) is 2.23. The van der Waals surface area contributed by atoms with Gasteiger partial charge >= 0.3 is 5.97 Å². The van der Waals surface area contributed by atoms with Crippen molar-refractivity contribution in [1.29, 1.82) is 0 Å². The summed E-state index contributed by atoms with van der Waals surface area (Å²) in [5, 5.41) is 8.56. The van der Waals surface area contributed by atoms with Crippen LogP contribution in [0.15, 0.2) is 24.4 Å². The number of carbonyl (C=O) groups is 2. The summed E-state index contributed by atoms with van der Waals surface area (Å²) in [6.45, 7) is 6.33. The highest BCUT2D eigenvalue weighted by atomic mass is 16.4. The molecule has 6 heteroatoms. The first-order valence-corrected chi connectivity index (χ1v) is 6.99. The lowest BCUT2D eigenvalue weighted by molar-refractivity contribution is -0.131. The summed E-state index contributed by atoms with van der Waals surface area (Å²) in [6.07, 6.45) is 4.00. The number of hydrogen-bond donors (Lipinski definition) is 1. The van der Waals surface area contributed by atoms with Gasteiger partial charge in [0.2, 0.25) is 0 Å². The molecular weight excluding hydrogens is 270 g/mol. The lowest BCUT2D eigenvalue weighted by atomic mass is 10.2. The Morgan fingerprint density at radius 3 is 2.52 bits per heavy atom. The van der Waals surface area contributed by atoms with E-state index in [1.165, 1.54) is 12.3 Å². The molecule has 0 atom stereocenters. The van der Waals surface area contributed by atoms with E-state index in [4.69, 9.17) is 5.11 Å². The summed E-state index contributed by atoms with van der Waals surface area (Å²) in [5.41, 5.74) is 1.05. The van der Waals surface area contributed by atoms with Crippen molar-refractivity contribution in [3.05, 3.63) is 35.7 Å². The largest absolute Gasteiger partial charge is 0.478 e. The number of amides is 1. The summed E-state index contributed by atoms with van der Waals surface area (Å²) in [4.78, 5) is 31.0. The molecule has 1 aromatic rings. The average Bonchev–Trinajstić information content (AvgIpc) is 2.53. The van der Waals surface area contributed by atoms with E-state index >= 15 is 0 Å². The average molecular weight is 289 g/mol. The zero-order chi connectivity index (χ0) is 15.2. The van der Waals surface area contributed by atoms with Crippen LogP contribution in [0.3, 0.4) is 0 Å². The molecule has 0 saturated carbocycles. The first-order valence-electron chi connectivity index (χ1n) is 6.99. The minimum absolute atomic E-state index is 0.0699. The highest BCUT2D eigenvalue weighted by molar-refractivity contribution is 5.92. The first-order chi connectivity index (χ1) is 10.1. The molecular formula is C15H19N3O3. The molecule has 1 saturated heterocycles. The van der Waals surface area contributed by atoms with Crippen molar-refractivity contribution in [1.82, 2.24) is 14.8 Å². The van der Waals surface area contributed by atoms with E-state index in [9.17, 15) is 9.59 Å². The number of piperazine rings is 1. The van der Waals surface area contributed by atoms with Gasteiger partial charge in [0.25, 0.3) is 5.91 Å². The molecule has 1 fully saturated rings. The van der Waals surface area contributed by atoms with Gasteiger partial charge in [0.15, 0.2) is 0 Å². The molecule has 2 heterocycles. The highest BCUT2D eigenvalue weighted by Crippen LogP contribution is 2.08. The van der Waals surface area contributed by atoms with Crippen LogP contribution in [-0.4, -0.2) is 64.5 Å². The van der Waals surface area contributed by atoms with E-state index in [1.54, 1.807) is 17.0 Å². The van der Waals surface area contributed by atoms with Gasteiger partial charge in [-0.25, -0.2) is 4.79 Å². The third-order valence-corrected chi connectivity index (χ3v) is 3.53. The van der Waals surface area contributed by atoms with Gasteiger partial charge in [-0.1, -0.05) is 13.0 Å². The fraction of sp³-hybridized carbons (Fsp3) is 0.400. The van der Waals surface area contributed by atoms with Crippen molar-refractivity contribution in [2.24, 2.45) is 0 Å². The molecule has 0 radical (unpaired) electrons. The molecule has 0 bridgehead atoms. The van der Waals surface area contributed by atoms with Gasteiger partial charge in [0.1, 0.15) is 5.69 Å². The lowest BCUT2D eigenvalue weighted by Crippen LogP contribution is -2.48. The number of carboxylic acid groups (broad SMARTS) is 1. The predicted molar refractivity (Wildman–Crippen MR) is 78.9 cm³/mol. The van der Waals surface area contributed by atoms with Crippen LogP contribution in [0.25, 0.3) is 6.08 Å². The van der Waals surface area contributed by atoms with Gasteiger partial charge in [-0.3, -0.25) is 9.78 Å². The number of pyridine rings is 1. The summed E-state index contributed by atoms with van der Waals surface area (Å²) in [5.74, 6) is -1.08. The number of carbonyl (C=O) groups excluding carboxylic acids is 1. The third kappa shape index (κ3) is 4.13. The highest BCUT2D eigenvalue weighted by Gasteiger charge is 2.21. The quantitative estimate of drug-likeness (QED) is 0.836. The molecule has 2 rings (SSSR count). The van der Waals surface area contributed by atoms with E-state index in [-0.39, 0.29) is 5.91 Å². The van der Waals surface area contributed by atoms with Crippen molar-refractivity contribution in [3.63, 3.8) is 0 Å². The van der Waals surface area contributed by atoms with E-state index in [2.05, 4.69) is 16.8 Å². The van der Waals surface area contributed by atoms with Gasteiger partial charge in [-0.2, -0.15) is 0 Å². The Labute approximate surface area is 123 Å². The van der Waals surface area contributed by atoms with Crippen molar-refractivity contribution in [3.8, 4) is 0 Å². The Balaban J connectivity index is 1.98. The Morgan fingerprint density at radius 2 is 2.00 bits per heavy atom. The van der Waals surface area contributed by atoms with Gasteiger partial charge in [-0.05, 0) is 24.3 Å². The topological polar surface area (TPSA) is 73.7 Å². The van der Waals surface area contributed by atoms with Crippen LogP contribution in [0.5, 0.6) is 0 Å². The van der Waals surface area contributed by atoms with Crippen LogP contribution >= 0.6 is 0 Å². The van der Waals surface area contributed by atoms with Gasteiger partial charge in [-0.15, -0.1) is 0 Å². The van der Waals surface area contributed by atoms with Crippen LogP contribution in [0.4, 0.5) is 0 Å². The van der Waals surface area contributed by atoms with Crippen molar-refractivity contribution < 1.29 is 14.7 Å². The standard InChI is InChI=1S/C15H19N3O3/c1-2-17-7-9-18(10-8-17)15(21)13-5-3-12(11-16-13)4-6-14(19)20/h3-6,11H,2,7-10H2,1H3,(H,19,20). The van der Waals surface area contributed by atoms with Crippen molar-refractivity contribution in [2.45, 2.75) is 6.92 Å². The van der Waals surface area contributed by atoms with Crippen LogP contribution in [-0.2, 0) is 4.79 Å². The second-order valence-corrected chi connectivity index (χ2v) is 4.87. The van der Waals surface area contributed by atoms with Crippen LogP contribution in [0.2, 0.25) is 0 Å².